The molecule has 2 aliphatic rings. The van der Waals surface area contributed by atoms with E-state index in [1.54, 1.807) is 0 Å². The van der Waals surface area contributed by atoms with Crippen molar-refractivity contribution < 1.29 is 0 Å². The monoisotopic (exact) mass is 347 g/mol. The van der Waals surface area contributed by atoms with Crippen molar-refractivity contribution in [2.45, 2.75) is 71.0 Å². The number of aromatic nitrogens is 3. The molecule has 0 aliphatic carbocycles. The Morgan fingerprint density at radius 1 is 1.28 bits per heavy atom. The molecule has 0 aromatic carbocycles. The molecule has 0 spiro atoms. The molecule has 0 amide bonds. The normalized spacial score (nSPS) is 24.8. The summed E-state index contributed by atoms with van der Waals surface area (Å²) in [7, 11) is 1.85. The second kappa shape index (κ2) is 8.65. The number of aliphatic imine (C=N–C) groups is 1. The Balaban J connectivity index is 1.51. The van der Waals surface area contributed by atoms with E-state index in [0.717, 1.165) is 56.5 Å². The summed E-state index contributed by atoms with van der Waals surface area (Å²) in [5, 5.41) is 11.7. The first-order valence-corrected chi connectivity index (χ1v) is 9.87. The van der Waals surface area contributed by atoms with Crippen molar-refractivity contribution in [1.82, 2.24) is 30.3 Å². The molecular weight excluding hydrogens is 314 g/mol. The van der Waals surface area contributed by atoms with Gasteiger partial charge < -0.3 is 10.6 Å². The molecule has 3 rings (SSSR count). The minimum Gasteiger partial charge on any atom is -0.355 e. The molecule has 7 heteroatoms. The summed E-state index contributed by atoms with van der Waals surface area (Å²) in [6.07, 6.45) is 6.91. The fourth-order valence-electron chi connectivity index (χ4n) is 3.94. The van der Waals surface area contributed by atoms with E-state index in [0.29, 0.717) is 12.1 Å². The van der Waals surface area contributed by atoms with Crippen LogP contribution in [0.1, 0.15) is 51.2 Å². The van der Waals surface area contributed by atoms with Gasteiger partial charge in [-0.3, -0.25) is 9.89 Å². The van der Waals surface area contributed by atoms with E-state index >= 15 is 0 Å². The molecule has 25 heavy (non-hydrogen) atoms. The Bertz CT molecular complexity index is 580. The van der Waals surface area contributed by atoms with Crippen LogP contribution >= 0.6 is 0 Å². The highest BCUT2D eigenvalue weighted by atomic mass is 15.4. The molecule has 2 unspecified atom stereocenters. The number of hydrogen-bond donors (Lipinski definition) is 2. The molecule has 2 atom stereocenters. The van der Waals surface area contributed by atoms with E-state index < -0.39 is 0 Å². The summed E-state index contributed by atoms with van der Waals surface area (Å²) in [6, 6.07) is 0.983. The van der Waals surface area contributed by atoms with Crippen LogP contribution in [-0.4, -0.2) is 64.4 Å². The predicted octanol–water partition coefficient (Wildman–Crippen LogP) is 1.19. The van der Waals surface area contributed by atoms with Gasteiger partial charge in [0.25, 0.3) is 0 Å². The predicted molar refractivity (Wildman–Crippen MR) is 101 cm³/mol. The molecule has 2 aliphatic heterocycles. The lowest BCUT2D eigenvalue weighted by Crippen LogP contribution is -2.52. The highest BCUT2D eigenvalue weighted by Crippen LogP contribution is 2.16. The van der Waals surface area contributed by atoms with Crippen LogP contribution in [0.25, 0.3) is 0 Å². The van der Waals surface area contributed by atoms with Gasteiger partial charge in [0, 0.05) is 38.5 Å². The molecule has 1 aromatic rings. The number of likely N-dealkylation sites (tertiary alicyclic amines) is 1. The van der Waals surface area contributed by atoms with Gasteiger partial charge in [-0.2, -0.15) is 5.10 Å². The Labute approximate surface area is 151 Å². The molecule has 3 heterocycles. The van der Waals surface area contributed by atoms with Gasteiger partial charge in [0.05, 0.1) is 6.54 Å². The number of nitrogens with one attached hydrogen (secondary N) is 2. The van der Waals surface area contributed by atoms with Crippen LogP contribution in [0, 0.1) is 0 Å². The molecule has 0 radical (unpaired) electrons. The largest absolute Gasteiger partial charge is 0.355 e. The topological polar surface area (TPSA) is 70.4 Å². The average molecular weight is 348 g/mol. The first kappa shape index (κ1) is 18.2. The van der Waals surface area contributed by atoms with Gasteiger partial charge in [-0.05, 0) is 32.4 Å². The third-order valence-electron chi connectivity index (χ3n) is 5.44. The van der Waals surface area contributed by atoms with Crippen molar-refractivity contribution in [1.29, 1.82) is 0 Å². The van der Waals surface area contributed by atoms with Crippen LogP contribution in [0.5, 0.6) is 0 Å². The van der Waals surface area contributed by atoms with Crippen molar-refractivity contribution >= 4 is 5.96 Å². The smallest absolute Gasteiger partial charge is 0.191 e. The van der Waals surface area contributed by atoms with E-state index in [9.17, 15) is 0 Å². The van der Waals surface area contributed by atoms with Gasteiger partial charge in [0.1, 0.15) is 5.82 Å². The Kier molecular flexibility index (Phi) is 6.29. The van der Waals surface area contributed by atoms with E-state index in [1.807, 2.05) is 7.05 Å². The van der Waals surface area contributed by atoms with Gasteiger partial charge in [0.2, 0.25) is 0 Å². The summed E-state index contributed by atoms with van der Waals surface area (Å²) in [6.45, 7) is 8.56. The SMILES string of the molecule is CCc1nc2n(n1)CC(NC(=NC)NCC1CCCCN1CC)CC2. The fraction of sp³-hybridized carbons (Fsp3) is 0.833. The number of rotatable bonds is 5. The van der Waals surface area contributed by atoms with Crippen molar-refractivity contribution in [2.24, 2.45) is 4.99 Å². The van der Waals surface area contributed by atoms with Gasteiger partial charge in [-0.25, -0.2) is 9.67 Å². The number of hydrogen-bond acceptors (Lipinski definition) is 4. The number of piperidine rings is 1. The zero-order valence-electron chi connectivity index (χ0n) is 16.0. The molecule has 0 saturated carbocycles. The lowest BCUT2D eigenvalue weighted by Gasteiger charge is -2.35. The maximum atomic E-state index is 4.59. The third kappa shape index (κ3) is 4.51. The van der Waals surface area contributed by atoms with Crippen molar-refractivity contribution in [3.63, 3.8) is 0 Å². The Hall–Kier alpha value is -1.63. The van der Waals surface area contributed by atoms with Gasteiger partial charge in [0.15, 0.2) is 11.8 Å². The molecule has 1 fully saturated rings. The van der Waals surface area contributed by atoms with E-state index in [2.05, 4.69) is 49.1 Å². The van der Waals surface area contributed by atoms with Crippen LogP contribution in [0.15, 0.2) is 4.99 Å². The van der Waals surface area contributed by atoms with E-state index in [1.165, 1.54) is 25.8 Å². The average Bonchev–Trinajstić information content (AvgIpc) is 3.07. The Morgan fingerprint density at radius 2 is 2.16 bits per heavy atom. The highest BCUT2D eigenvalue weighted by Gasteiger charge is 2.24. The first-order valence-electron chi connectivity index (χ1n) is 9.87. The highest BCUT2D eigenvalue weighted by molar-refractivity contribution is 5.80. The lowest BCUT2D eigenvalue weighted by molar-refractivity contribution is 0.157. The molecule has 1 aromatic heterocycles. The quantitative estimate of drug-likeness (QED) is 0.619. The second-order valence-electron chi connectivity index (χ2n) is 7.09. The standard InChI is InChI=1S/C18H33N7/c1-4-16-22-17-10-9-14(13-25(17)23-16)21-18(19-3)20-12-15-8-6-7-11-24(15)5-2/h14-15H,4-13H2,1-3H3,(H2,19,20,21). The summed E-state index contributed by atoms with van der Waals surface area (Å²) in [4.78, 5) is 11.6. The van der Waals surface area contributed by atoms with E-state index in [-0.39, 0.29) is 0 Å². The maximum absolute atomic E-state index is 4.59. The van der Waals surface area contributed by atoms with Crippen molar-refractivity contribution in [3.8, 4) is 0 Å². The summed E-state index contributed by atoms with van der Waals surface area (Å²) < 4.78 is 2.06. The van der Waals surface area contributed by atoms with Gasteiger partial charge in [-0.15, -0.1) is 0 Å². The number of guanidine groups is 1. The molecular formula is C18H33N7. The maximum Gasteiger partial charge on any atom is 0.191 e. The molecule has 140 valence electrons. The zero-order chi connectivity index (χ0) is 17.6. The number of likely N-dealkylation sites (N-methyl/N-ethyl adjacent to an activating group) is 1. The lowest BCUT2D eigenvalue weighted by atomic mass is 10.0. The third-order valence-corrected chi connectivity index (χ3v) is 5.44. The van der Waals surface area contributed by atoms with Crippen LogP contribution in [0.3, 0.4) is 0 Å². The summed E-state index contributed by atoms with van der Waals surface area (Å²) in [5.74, 6) is 2.99. The fourth-order valence-corrected chi connectivity index (χ4v) is 3.94. The minimum atomic E-state index is 0.360. The molecule has 1 saturated heterocycles. The summed E-state index contributed by atoms with van der Waals surface area (Å²) >= 11 is 0. The summed E-state index contributed by atoms with van der Waals surface area (Å²) in [5.41, 5.74) is 0. The second-order valence-corrected chi connectivity index (χ2v) is 7.09. The minimum absolute atomic E-state index is 0.360. The molecule has 2 N–H and O–H groups in total. The first-order chi connectivity index (χ1) is 12.2. The van der Waals surface area contributed by atoms with E-state index in [4.69, 9.17) is 0 Å². The van der Waals surface area contributed by atoms with Crippen LogP contribution in [0.2, 0.25) is 0 Å². The van der Waals surface area contributed by atoms with Gasteiger partial charge in [-0.1, -0.05) is 20.3 Å². The van der Waals surface area contributed by atoms with Crippen LogP contribution < -0.4 is 10.6 Å². The Morgan fingerprint density at radius 3 is 2.92 bits per heavy atom. The number of aryl methyl sites for hydroxylation is 2. The van der Waals surface area contributed by atoms with Crippen LogP contribution in [-0.2, 0) is 19.4 Å². The number of fused-ring (bicyclic) bond motifs is 1. The zero-order valence-corrected chi connectivity index (χ0v) is 16.0. The molecule has 0 bridgehead atoms. The van der Waals surface area contributed by atoms with Crippen molar-refractivity contribution in [3.05, 3.63) is 11.6 Å². The number of nitrogens with zero attached hydrogens (tertiary/aromatic N) is 5. The molecule has 7 nitrogen and oxygen atoms in total. The van der Waals surface area contributed by atoms with Crippen LogP contribution in [0.4, 0.5) is 0 Å². The van der Waals surface area contributed by atoms with Crippen molar-refractivity contribution in [2.75, 3.05) is 26.7 Å². The van der Waals surface area contributed by atoms with Gasteiger partial charge >= 0.3 is 0 Å².